The van der Waals surface area contributed by atoms with Gasteiger partial charge in [0.05, 0.1) is 19.3 Å². The highest BCUT2D eigenvalue weighted by Crippen LogP contribution is 2.15. The maximum Gasteiger partial charge on any atom is 0.0638 e. The van der Waals surface area contributed by atoms with Crippen molar-refractivity contribution >= 4 is 11.6 Å². The molecule has 0 radical (unpaired) electrons. The van der Waals surface area contributed by atoms with Crippen LogP contribution in [0, 0.1) is 6.92 Å². The van der Waals surface area contributed by atoms with Crippen LogP contribution in [0.1, 0.15) is 11.1 Å². The Hall–Kier alpha value is -0.610. The fraction of sp³-hybridized carbons (Fsp3) is 0.500. The Morgan fingerprint density at radius 3 is 2.81 bits per heavy atom. The van der Waals surface area contributed by atoms with Crippen molar-refractivity contribution in [3.8, 4) is 0 Å². The van der Waals surface area contributed by atoms with Gasteiger partial charge >= 0.3 is 0 Å². The van der Waals surface area contributed by atoms with Crippen molar-refractivity contribution in [1.29, 1.82) is 0 Å². The van der Waals surface area contributed by atoms with Crippen LogP contribution in [0.15, 0.2) is 18.2 Å². The highest BCUT2D eigenvalue weighted by molar-refractivity contribution is 6.30. The lowest BCUT2D eigenvalue weighted by Crippen LogP contribution is -2.36. The van der Waals surface area contributed by atoms with E-state index in [-0.39, 0.29) is 12.6 Å². The van der Waals surface area contributed by atoms with Crippen molar-refractivity contribution < 1.29 is 9.84 Å². The van der Waals surface area contributed by atoms with E-state index in [1.54, 1.807) is 7.11 Å². The molecule has 1 rings (SSSR count). The smallest absolute Gasteiger partial charge is 0.0638 e. The minimum atomic E-state index is -0.0277. The lowest BCUT2D eigenvalue weighted by atomic mass is 10.1. The first-order valence-electron chi connectivity index (χ1n) is 5.25. The molecule has 3 nitrogen and oxygen atoms in total. The van der Waals surface area contributed by atoms with Crippen molar-refractivity contribution in [2.75, 3.05) is 20.3 Å². The second-order valence-corrected chi connectivity index (χ2v) is 4.22. The van der Waals surface area contributed by atoms with Crippen LogP contribution in [-0.4, -0.2) is 31.5 Å². The van der Waals surface area contributed by atoms with Crippen LogP contribution >= 0.6 is 11.6 Å². The quantitative estimate of drug-likeness (QED) is 0.800. The Kier molecular flexibility index (Phi) is 5.77. The van der Waals surface area contributed by atoms with E-state index in [0.29, 0.717) is 13.2 Å². The average Bonchev–Trinajstić information content (AvgIpc) is 2.26. The first-order chi connectivity index (χ1) is 7.67. The summed E-state index contributed by atoms with van der Waals surface area (Å²) >= 11 is 5.88. The van der Waals surface area contributed by atoms with E-state index in [9.17, 15) is 0 Å². The van der Waals surface area contributed by atoms with Gasteiger partial charge in [0.25, 0.3) is 0 Å². The van der Waals surface area contributed by atoms with Gasteiger partial charge < -0.3 is 15.2 Å². The predicted molar refractivity (Wildman–Crippen MR) is 65.8 cm³/mol. The summed E-state index contributed by atoms with van der Waals surface area (Å²) in [7, 11) is 1.62. The average molecular weight is 244 g/mol. The van der Waals surface area contributed by atoms with Crippen LogP contribution < -0.4 is 5.32 Å². The number of hydrogen-bond acceptors (Lipinski definition) is 3. The van der Waals surface area contributed by atoms with Crippen LogP contribution in [0.25, 0.3) is 0 Å². The van der Waals surface area contributed by atoms with Crippen molar-refractivity contribution in [3.63, 3.8) is 0 Å². The van der Waals surface area contributed by atoms with Crippen molar-refractivity contribution in [2.24, 2.45) is 0 Å². The van der Waals surface area contributed by atoms with Crippen molar-refractivity contribution in [2.45, 2.75) is 19.5 Å². The van der Waals surface area contributed by atoms with E-state index < -0.39 is 0 Å². The van der Waals surface area contributed by atoms with E-state index in [1.807, 2.05) is 25.1 Å². The van der Waals surface area contributed by atoms with Gasteiger partial charge in [0.15, 0.2) is 0 Å². The van der Waals surface area contributed by atoms with Gasteiger partial charge in [-0.3, -0.25) is 0 Å². The zero-order valence-corrected chi connectivity index (χ0v) is 10.4. The number of rotatable bonds is 6. The summed E-state index contributed by atoms with van der Waals surface area (Å²) in [5.74, 6) is 0. The number of nitrogens with one attached hydrogen (secondary N) is 1. The maximum atomic E-state index is 9.08. The fourth-order valence-corrected chi connectivity index (χ4v) is 1.72. The molecular formula is C12H18ClNO2. The minimum Gasteiger partial charge on any atom is -0.395 e. The Morgan fingerprint density at radius 1 is 1.50 bits per heavy atom. The molecule has 0 saturated carbocycles. The number of aliphatic hydroxyl groups is 1. The number of benzene rings is 1. The summed E-state index contributed by atoms with van der Waals surface area (Å²) in [6.07, 6.45) is 0. The van der Waals surface area contributed by atoms with Crippen molar-refractivity contribution in [1.82, 2.24) is 5.32 Å². The van der Waals surface area contributed by atoms with Gasteiger partial charge in [-0.2, -0.15) is 0 Å². The van der Waals surface area contributed by atoms with Crippen LogP contribution in [0.2, 0.25) is 5.02 Å². The van der Waals surface area contributed by atoms with Gasteiger partial charge in [0.1, 0.15) is 0 Å². The summed E-state index contributed by atoms with van der Waals surface area (Å²) in [5, 5.41) is 13.1. The summed E-state index contributed by atoms with van der Waals surface area (Å²) in [4.78, 5) is 0. The standard InChI is InChI=1S/C12H18ClNO2/c1-9-5-11(13)4-3-10(9)6-14-12(7-15)8-16-2/h3-5,12,14-15H,6-8H2,1-2H3. The molecule has 4 heteroatoms. The highest BCUT2D eigenvalue weighted by Gasteiger charge is 2.06. The largest absolute Gasteiger partial charge is 0.395 e. The van der Waals surface area contributed by atoms with Gasteiger partial charge in [-0.25, -0.2) is 0 Å². The van der Waals surface area contributed by atoms with Gasteiger partial charge in [0, 0.05) is 18.7 Å². The molecule has 1 atom stereocenters. The van der Waals surface area contributed by atoms with Gasteiger partial charge in [-0.05, 0) is 30.2 Å². The highest BCUT2D eigenvalue weighted by atomic mass is 35.5. The molecule has 16 heavy (non-hydrogen) atoms. The molecule has 0 aliphatic rings. The Morgan fingerprint density at radius 2 is 2.25 bits per heavy atom. The molecule has 2 N–H and O–H groups in total. The molecule has 90 valence electrons. The van der Waals surface area contributed by atoms with Crippen LogP contribution in [0.5, 0.6) is 0 Å². The number of aryl methyl sites for hydroxylation is 1. The molecule has 0 fully saturated rings. The molecule has 0 aromatic heterocycles. The number of methoxy groups -OCH3 is 1. The number of halogens is 1. The molecule has 0 saturated heterocycles. The van der Waals surface area contributed by atoms with E-state index in [1.165, 1.54) is 5.56 Å². The summed E-state index contributed by atoms with van der Waals surface area (Å²) < 4.78 is 4.99. The molecule has 0 amide bonds. The number of aliphatic hydroxyl groups excluding tert-OH is 1. The zero-order chi connectivity index (χ0) is 12.0. The molecular weight excluding hydrogens is 226 g/mol. The molecule has 1 aromatic carbocycles. The maximum absolute atomic E-state index is 9.08. The van der Waals surface area contributed by atoms with Gasteiger partial charge in [-0.15, -0.1) is 0 Å². The zero-order valence-electron chi connectivity index (χ0n) is 9.66. The third-order valence-corrected chi connectivity index (χ3v) is 2.71. The minimum absolute atomic E-state index is 0.0277. The van der Waals surface area contributed by atoms with E-state index in [4.69, 9.17) is 21.4 Å². The number of hydrogen-bond donors (Lipinski definition) is 2. The van der Waals surface area contributed by atoms with Gasteiger partial charge in [-0.1, -0.05) is 17.7 Å². The molecule has 1 aromatic rings. The Balaban J connectivity index is 2.53. The summed E-state index contributed by atoms with van der Waals surface area (Å²) in [6.45, 7) is 3.30. The lowest BCUT2D eigenvalue weighted by molar-refractivity contribution is 0.128. The Bertz CT molecular complexity index is 331. The third kappa shape index (κ3) is 4.10. The lowest BCUT2D eigenvalue weighted by Gasteiger charge is -2.16. The fourth-order valence-electron chi connectivity index (χ4n) is 1.49. The molecule has 1 unspecified atom stereocenters. The van der Waals surface area contributed by atoms with E-state index in [2.05, 4.69) is 5.32 Å². The summed E-state index contributed by atoms with van der Waals surface area (Å²) in [5.41, 5.74) is 2.33. The molecule has 0 spiro atoms. The van der Waals surface area contributed by atoms with Gasteiger partial charge in [0.2, 0.25) is 0 Å². The second kappa shape index (κ2) is 6.86. The second-order valence-electron chi connectivity index (χ2n) is 3.79. The predicted octanol–water partition coefficient (Wildman–Crippen LogP) is 1.75. The molecule has 0 heterocycles. The molecule has 0 aliphatic heterocycles. The third-order valence-electron chi connectivity index (χ3n) is 2.47. The number of ether oxygens (including phenoxy) is 1. The Labute approximate surface area is 101 Å². The van der Waals surface area contributed by atoms with Crippen LogP contribution in [-0.2, 0) is 11.3 Å². The van der Waals surface area contributed by atoms with Crippen LogP contribution in [0.4, 0.5) is 0 Å². The van der Waals surface area contributed by atoms with Crippen molar-refractivity contribution in [3.05, 3.63) is 34.3 Å². The first kappa shape index (κ1) is 13.5. The summed E-state index contributed by atoms with van der Waals surface area (Å²) in [6, 6.07) is 5.77. The van der Waals surface area contributed by atoms with E-state index >= 15 is 0 Å². The normalized spacial score (nSPS) is 12.8. The molecule has 0 bridgehead atoms. The topological polar surface area (TPSA) is 41.5 Å². The SMILES string of the molecule is COCC(CO)NCc1ccc(Cl)cc1C. The molecule has 0 aliphatic carbocycles. The first-order valence-corrected chi connectivity index (χ1v) is 5.63. The monoisotopic (exact) mass is 243 g/mol. The van der Waals surface area contributed by atoms with E-state index in [0.717, 1.165) is 10.6 Å². The van der Waals surface area contributed by atoms with Crippen LogP contribution in [0.3, 0.4) is 0 Å².